The molecule has 0 unspecified atom stereocenters. The van der Waals surface area contributed by atoms with Gasteiger partial charge in [0.25, 0.3) is 5.91 Å². The number of nitrogens with one attached hydrogen (secondary N) is 1. The first-order valence-electron chi connectivity index (χ1n) is 5.96. The zero-order valence-electron chi connectivity index (χ0n) is 10.5. The van der Waals surface area contributed by atoms with Gasteiger partial charge < -0.3 is 5.32 Å². The van der Waals surface area contributed by atoms with Gasteiger partial charge in [-0.3, -0.25) is 9.78 Å². The average molecular weight is 246 g/mol. The van der Waals surface area contributed by atoms with Crippen molar-refractivity contribution in [2.75, 3.05) is 7.05 Å². The van der Waals surface area contributed by atoms with Gasteiger partial charge in [-0.25, -0.2) is 4.39 Å². The predicted octanol–water partition coefficient (Wildman–Crippen LogP) is 2.69. The van der Waals surface area contributed by atoms with Crippen molar-refractivity contribution in [2.24, 2.45) is 0 Å². The molecule has 2 rings (SSSR count). The average Bonchev–Trinajstić information content (AvgIpc) is 2.37. The highest BCUT2D eigenvalue weighted by Crippen LogP contribution is 2.23. The van der Waals surface area contributed by atoms with Crippen molar-refractivity contribution >= 4 is 16.8 Å². The Balaban J connectivity index is 2.73. The Morgan fingerprint density at radius 2 is 2.22 bits per heavy atom. The smallest absolute Gasteiger partial charge is 0.251 e. The topological polar surface area (TPSA) is 42.0 Å². The van der Waals surface area contributed by atoms with Crippen molar-refractivity contribution in [3.05, 3.63) is 41.3 Å². The van der Waals surface area contributed by atoms with Crippen LogP contribution in [-0.2, 0) is 6.42 Å². The van der Waals surface area contributed by atoms with Gasteiger partial charge in [-0.15, -0.1) is 0 Å². The van der Waals surface area contributed by atoms with Crippen LogP contribution in [0, 0.1) is 5.82 Å². The summed E-state index contributed by atoms with van der Waals surface area (Å²) in [6.45, 7) is 2.03. The van der Waals surface area contributed by atoms with E-state index in [4.69, 9.17) is 0 Å². The molecule has 0 saturated carbocycles. The molecule has 0 aliphatic carbocycles. The number of hydrogen-bond acceptors (Lipinski definition) is 2. The first-order chi connectivity index (χ1) is 8.67. The fourth-order valence-electron chi connectivity index (χ4n) is 2.08. The third-order valence-electron chi connectivity index (χ3n) is 2.88. The monoisotopic (exact) mass is 246 g/mol. The molecule has 0 spiro atoms. The van der Waals surface area contributed by atoms with E-state index in [9.17, 15) is 9.18 Å². The molecular formula is C14H15FN2O. The number of fused-ring (bicyclic) bond motifs is 1. The molecule has 0 saturated heterocycles. The number of aryl methyl sites for hydroxylation is 1. The van der Waals surface area contributed by atoms with E-state index in [1.165, 1.54) is 12.1 Å². The summed E-state index contributed by atoms with van der Waals surface area (Å²) in [6.07, 6.45) is 3.24. The van der Waals surface area contributed by atoms with E-state index >= 15 is 0 Å². The summed E-state index contributed by atoms with van der Waals surface area (Å²) < 4.78 is 13.6. The van der Waals surface area contributed by atoms with Crippen LogP contribution in [0.15, 0.2) is 24.4 Å². The van der Waals surface area contributed by atoms with Gasteiger partial charge in [0.2, 0.25) is 0 Å². The Bertz CT molecular complexity index is 596. The number of halogens is 1. The second-order valence-electron chi connectivity index (χ2n) is 4.15. The van der Waals surface area contributed by atoms with Crippen molar-refractivity contribution in [1.82, 2.24) is 10.3 Å². The highest BCUT2D eigenvalue weighted by atomic mass is 19.1. The van der Waals surface area contributed by atoms with Gasteiger partial charge in [0.15, 0.2) is 0 Å². The zero-order valence-corrected chi connectivity index (χ0v) is 10.5. The van der Waals surface area contributed by atoms with Gasteiger partial charge in [0.05, 0.1) is 11.1 Å². The lowest BCUT2D eigenvalue weighted by Crippen LogP contribution is -2.18. The molecule has 0 fully saturated rings. The van der Waals surface area contributed by atoms with Crippen molar-refractivity contribution in [3.63, 3.8) is 0 Å². The molecule has 1 amide bonds. The fourth-order valence-corrected chi connectivity index (χ4v) is 2.08. The van der Waals surface area contributed by atoms with E-state index < -0.39 is 0 Å². The molecular weight excluding hydrogens is 231 g/mol. The Hall–Kier alpha value is -1.97. The molecule has 2 aromatic rings. The van der Waals surface area contributed by atoms with Crippen LogP contribution in [0.3, 0.4) is 0 Å². The van der Waals surface area contributed by atoms with Crippen molar-refractivity contribution < 1.29 is 9.18 Å². The third-order valence-corrected chi connectivity index (χ3v) is 2.88. The maximum atomic E-state index is 13.6. The molecule has 0 aliphatic heterocycles. The van der Waals surface area contributed by atoms with Crippen molar-refractivity contribution in [2.45, 2.75) is 19.8 Å². The number of rotatable bonds is 3. The summed E-state index contributed by atoms with van der Waals surface area (Å²) in [7, 11) is 1.56. The first-order valence-corrected chi connectivity index (χ1v) is 5.96. The lowest BCUT2D eigenvalue weighted by atomic mass is 10.0. The molecule has 0 radical (unpaired) electrons. The lowest BCUT2D eigenvalue weighted by molar-refractivity contribution is 0.0964. The number of pyridine rings is 1. The maximum absolute atomic E-state index is 13.6. The SMILES string of the molecule is CCCc1cc(F)cc2c(C(=O)NC)ccnc12. The zero-order chi connectivity index (χ0) is 13.1. The Morgan fingerprint density at radius 3 is 2.89 bits per heavy atom. The summed E-state index contributed by atoms with van der Waals surface area (Å²) in [4.78, 5) is 16.0. The second kappa shape index (κ2) is 5.12. The number of aromatic nitrogens is 1. The Kier molecular flexibility index (Phi) is 3.55. The molecule has 0 atom stereocenters. The quantitative estimate of drug-likeness (QED) is 0.904. The van der Waals surface area contributed by atoms with E-state index in [1.807, 2.05) is 6.92 Å². The van der Waals surface area contributed by atoms with Crippen LogP contribution < -0.4 is 5.32 Å². The van der Waals surface area contributed by atoms with Crippen LogP contribution in [-0.4, -0.2) is 17.9 Å². The van der Waals surface area contributed by atoms with Gasteiger partial charge in [-0.1, -0.05) is 13.3 Å². The molecule has 1 heterocycles. The number of carbonyl (C=O) groups excluding carboxylic acids is 1. The number of amides is 1. The van der Waals surface area contributed by atoms with Crippen LogP contribution >= 0.6 is 0 Å². The van der Waals surface area contributed by atoms with Crippen LogP contribution in [0.4, 0.5) is 4.39 Å². The number of hydrogen-bond donors (Lipinski definition) is 1. The number of benzene rings is 1. The normalized spacial score (nSPS) is 10.6. The molecule has 4 heteroatoms. The van der Waals surface area contributed by atoms with Gasteiger partial charge >= 0.3 is 0 Å². The molecule has 0 aliphatic rings. The van der Waals surface area contributed by atoms with Crippen LogP contribution in [0.2, 0.25) is 0 Å². The van der Waals surface area contributed by atoms with Crippen LogP contribution in [0.25, 0.3) is 10.9 Å². The second-order valence-corrected chi connectivity index (χ2v) is 4.15. The standard InChI is InChI=1S/C14H15FN2O/c1-3-4-9-7-10(15)8-12-11(14(18)16-2)5-6-17-13(9)12/h5-8H,3-4H2,1-2H3,(H,16,18). The van der Waals surface area contributed by atoms with E-state index in [-0.39, 0.29) is 11.7 Å². The molecule has 1 aromatic heterocycles. The fraction of sp³-hybridized carbons (Fsp3) is 0.286. The van der Waals surface area contributed by atoms with Gasteiger partial charge in [0, 0.05) is 18.6 Å². The van der Waals surface area contributed by atoms with E-state index in [2.05, 4.69) is 10.3 Å². The number of carbonyl (C=O) groups is 1. The van der Waals surface area contributed by atoms with Gasteiger partial charge in [-0.05, 0) is 30.2 Å². The molecule has 18 heavy (non-hydrogen) atoms. The minimum atomic E-state index is -0.330. The summed E-state index contributed by atoms with van der Waals surface area (Å²) in [6, 6.07) is 4.47. The van der Waals surface area contributed by atoms with E-state index in [0.29, 0.717) is 16.5 Å². The molecule has 3 nitrogen and oxygen atoms in total. The minimum Gasteiger partial charge on any atom is -0.355 e. The largest absolute Gasteiger partial charge is 0.355 e. The summed E-state index contributed by atoms with van der Waals surface area (Å²) in [5.74, 6) is -0.556. The van der Waals surface area contributed by atoms with Crippen molar-refractivity contribution in [1.29, 1.82) is 0 Å². The highest BCUT2D eigenvalue weighted by Gasteiger charge is 2.12. The molecule has 94 valence electrons. The minimum absolute atomic E-state index is 0.226. The highest BCUT2D eigenvalue weighted by molar-refractivity contribution is 6.06. The Labute approximate surface area is 105 Å². The third kappa shape index (κ3) is 2.18. The molecule has 1 N–H and O–H groups in total. The molecule has 0 bridgehead atoms. The summed E-state index contributed by atoms with van der Waals surface area (Å²) >= 11 is 0. The van der Waals surface area contributed by atoms with Gasteiger partial charge in [0.1, 0.15) is 5.82 Å². The van der Waals surface area contributed by atoms with Crippen molar-refractivity contribution in [3.8, 4) is 0 Å². The Morgan fingerprint density at radius 1 is 1.44 bits per heavy atom. The van der Waals surface area contributed by atoms with Gasteiger partial charge in [-0.2, -0.15) is 0 Å². The summed E-state index contributed by atoms with van der Waals surface area (Å²) in [5.41, 5.74) is 2.01. The maximum Gasteiger partial charge on any atom is 0.251 e. The van der Waals surface area contributed by atoms with E-state index in [1.54, 1.807) is 19.3 Å². The first kappa shape index (κ1) is 12.5. The van der Waals surface area contributed by atoms with E-state index in [0.717, 1.165) is 18.4 Å². The number of nitrogens with zero attached hydrogens (tertiary/aromatic N) is 1. The predicted molar refractivity (Wildman–Crippen MR) is 69.1 cm³/mol. The lowest BCUT2D eigenvalue weighted by Gasteiger charge is -2.09. The van der Waals surface area contributed by atoms with Crippen LogP contribution in [0.5, 0.6) is 0 Å². The van der Waals surface area contributed by atoms with Crippen LogP contribution in [0.1, 0.15) is 29.3 Å². The molecule has 1 aromatic carbocycles. The summed E-state index contributed by atoms with van der Waals surface area (Å²) in [5, 5.41) is 3.12.